The molecule has 0 aromatic rings. The summed E-state index contributed by atoms with van der Waals surface area (Å²) in [6.07, 6.45) is 0.766. The lowest BCUT2D eigenvalue weighted by Gasteiger charge is -2.21. The first-order chi connectivity index (χ1) is 9.17. The summed E-state index contributed by atoms with van der Waals surface area (Å²) in [5.41, 5.74) is -0.331. The number of rotatable bonds is 4. The van der Waals surface area contributed by atoms with E-state index in [0.717, 1.165) is 0 Å². The lowest BCUT2D eigenvalue weighted by atomic mass is 10.1. The van der Waals surface area contributed by atoms with Gasteiger partial charge in [0.15, 0.2) is 0 Å². The number of carbonyl (C=O) groups excluding carboxylic acids is 2. The predicted molar refractivity (Wildman–Crippen MR) is 73.2 cm³/mol. The molecular weight excluding hydrogens is 262 g/mol. The van der Waals surface area contributed by atoms with Gasteiger partial charge in [-0.15, -0.1) is 0 Å². The first kappa shape index (κ1) is 16.3. The van der Waals surface area contributed by atoms with Gasteiger partial charge in [-0.2, -0.15) is 0 Å². The van der Waals surface area contributed by atoms with Crippen LogP contribution in [0, 0.1) is 5.92 Å². The number of aliphatic carboxylic acids is 1. The smallest absolute Gasteiger partial charge is 0.317 e. The summed E-state index contributed by atoms with van der Waals surface area (Å²) in [5, 5.41) is 14.0. The second-order valence-electron chi connectivity index (χ2n) is 6.16. The highest BCUT2D eigenvalue weighted by atomic mass is 16.4. The molecule has 0 aromatic heterocycles. The van der Waals surface area contributed by atoms with Crippen molar-refractivity contribution in [1.82, 2.24) is 15.5 Å². The minimum absolute atomic E-state index is 0.00153. The van der Waals surface area contributed by atoms with Crippen LogP contribution in [-0.4, -0.2) is 53.1 Å². The number of likely N-dealkylation sites (tertiary alicyclic amines) is 1. The Morgan fingerprint density at radius 1 is 1.30 bits per heavy atom. The molecule has 7 heteroatoms. The molecule has 0 saturated carbocycles. The van der Waals surface area contributed by atoms with Gasteiger partial charge in [-0.05, 0) is 33.1 Å². The number of nitrogens with one attached hydrogen (secondary N) is 2. The van der Waals surface area contributed by atoms with Crippen LogP contribution < -0.4 is 10.6 Å². The van der Waals surface area contributed by atoms with Gasteiger partial charge in [-0.3, -0.25) is 9.59 Å². The maximum Gasteiger partial charge on any atom is 0.317 e. The van der Waals surface area contributed by atoms with E-state index in [1.807, 2.05) is 20.8 Å². The first-order valence-electron chi connectivity index (χ1n) is 6.73. The van der Waals surface area contributed by atoms with Crippen LogP contribution in [-0.2, 0) is 9.59 Å². The fourth-order valence-electron chi connectivity index (χ4n) is 2.16. The molecular formula is C13H23N3O4. The third-order valence-corrected chi connectivity index (χ3v) is 2.95. The Morgan fingerprint density at radius 3 is 2.50 bits per heavy atom. The predicted octanol–water partition coefficient (Wildman–Crippen LogP) is 0.407. The number of hydrogen-bond acceptors (Lipinski definition) is 3. The normalized spacial score (nSPS) is 18.8. The van der Waals surface area contributed by atoms with E-state index in [2.05, 4.69) is 10.6 Å². The Hall–Kier alpha value is -1.79. The van der Waals surface area contributed by atoms with Gasteiger partial charge >= 0.3 is 12.0 Å². The number of hydrogen-bond donors (Lipinski definition) is 3. The zero-order valence-electron chi connectivity index (χ0n) is 12.2. The van der Waals surface area contributed by atoms with E-state index in [-0.39, 0.29) is 36.4 Å². The van der Waals surface area contributed by atoms with Crippen molar-refractivity contribution in [1.29, 1.82) is 0 Å². The third-order valence-electron chi connectivity index (χ3n) is 2.95. The van der Waals surface area contributed by atoms with Crippen LogP contribution in [0.3, 0.4) is 0 Å². The zero-order chi connectivity index (χ0) is 15.3. The zero-order valence-corrected chi connectivity index (χ0v) is 12.2. The van der Waals surface area contributed by atoms with Crippen LogP contribution in [0.15, 0.2) is 0 Å². The molecule has 1 heterocycles. The molecule has 7 nitrogen and oxygen atoms in total. The van der Waals surface area contributed by atoms with E-state index in [4.69, 9.17) is 5.11 Å². The molecule has 1 unspecified atom stereocenters. The highest BCUT2D eigenvalue weighted by Crippen LogP contribution is 2.19. The molecule has 1 fully saturated rings. The summed E-state index contributed by atoms with van der Waals surface area (Å²) in [6, 6.07) is -0.318. The molecule has 1 saturated heterocycles. The minimum atomic E-state index is -0.846. The first-order valence-corrected chi connectivity index (χ1v) is 6.73. The quantitative estimate of drug-likeness (QED) is 0.696. The van der Waals surface area contributed by atoms with E-state index >= 15 is 0 Å². The highest BCUT2D eigenvalue weighted by Gasteiger charge is 2.27. The van der Waals surface area contributed by atoms with Crippen LogP contribution in [0.25, 0.3) is 0 Å². The van der Waals surface area contributed by atoms with Crippen molar-refractivity contribution in [3.8, 4) is 0 Å². The van der Waals surface area contributed by atoms with E-state index in [1.165, 1.54) is 0 Å². The second kappa shape index (κ2) is 6.58. The number of urea groups is 1. The summed E-state index contributed by atoms with van der Waals surface area (Å²) >= 11 is 0. The Labute approximate surface area is 118 Å². The van der Waals surface area contributed by atoms with Crippen molar-refractivity contribution < 1.29 is 19.5 Å². The lowest BCUT2D eigenvalue weighted by Crippen LogP contribution is -2.48. The molecule has 114 valence electrons. The second-order valence-corrected chi connectivity index (χ2v) is 6.16. The van der Waals surface area contributed by atoms with Crippen LogP contribution >= 0.6 is 0 Å². The maximum atomic E-state index is 11.8. The van der Waals surface area contributed by atoms with Gasteiger partial charge < -0.3 is 20.6 Å². The maximum absolute atomic E-state index is 11.8. The number of carboxylic acids is 1. The van der Waals surface area contributed by atoms with Crippen LogP contribution in [0.5, 0.6) is 0 Å². The fourth-order valence-corrected chi connectivity index (χ4v) is 2.16. The van der Waals surface area contributed by atoms with Gasteiger partial charge in [0.25, 0.3) is 0 Å². The van der Waals surface area contributed by atoms with E-state index < -0.39 is 5.97 Å². The van der Waals surface area contributed by atoms with Gasteiger partial charge in [-0.25, -0.2) is 4.79 Å². The van der Waals surface area contributed by atoms with Crippen molar-refractivity contribution in [2.24, 2.45) is 5.92 Å². The summed E-state index contributed by atoms with van der Waals surface area (Å²) in [4.78, 5) is 35.6. The SMILES string of the molecule is CC(C)(C)NC(=O)CNC(=O)N1CCC(CC(=O)O)C1. The molecule has 1 aliphatic heterocycles. The van der Waals surface area contributed by atoms with Gasteiger partial charge in [-0.1, -0.05) is 0 Å². The summed E-state index contributed by atoms with van der Waals surface area (Å²) in [5.74, 6) is -1.09. The fraction of sp³-hybridized carbons (Fsp3) is 0.769. The molecule has 1 atom stereocenters. The Morgan fingerprint density at radius 2 is 1.95 bits per heavy atom. The number of nitrogens with zero attached hydrogens (tertiary/aromatic N) is 1. The largest absolute Gasteiger partial charge is 0.481 e. The monoisotopic (exact) mass is 285 g/mol. The highest BCUT2D eigenvalue weighted by molar-refractivity contribution is 5.84. The topological polar surface area (TPSA) is 98.7 Å². The molecule has 0 radical (unpaired) electrons. The Balaban J connectivity index is 2.30. The van der Waals surface area contributed by atoms with Crippen LogP contribution in [0.2, 0.25) is 0 Å². The minimum Gasteiger partial charge on any atom is -0.481 e. The molecule has 3 N–H and O–H groups in total. The molecule has 1 aliphatic rings. The Bertz CT molecular complexity index is 390. The number of carboxylic acid groups (broad SMARTS) is 1. The standard InChI is InChI=1S/C13H23N3O4/c1-13(2,3)15-10(17)7-14-12(20)16-5-4-9(8-16)6-11(18)19/h9H,4-8H2,1-3H3,(H,14,20)(H,15,17)(H,18,19). The number of carbonyl (C=O) groups is 3. The van der Waals surface area contributed by atoms with Crippen molar-refractivity contribution in [2.45, 2.75) is 39.2 Å². The summed E-state index contributed by atoms with van der Waals surface area (Å²) in [7, 11) is 0. The van der Waals surface area contributed by atoms with Crippen molar-refractivity contribution in [3.63, 3.8) is 0 Å². The van der Waals surface area contributed by atoms with E-state index in [1.54, 1.807) is 4.90 Å². The summed E-state index contributed by atoms with van der Waals surface area (Å²) in [6.45, 7) is 6.48. The van der Waals surface area contributed by atoms with Gasteiger partial charge in [0.1, 0.15) is 0 Å². The van der Waals surface area contributed by atoms with Crippen LogP contribution in [0.4, 0.5) is 4.79 Å². The van der Waals surface area contributed by atoms with Crippen molar-refractivity contribution in [2.75, 3.05) is 19.6 Å². The molecule has 0 spiro atoms. The van der Waals surface area contributed by atoms with Gasteiger partial charge in [0.05, 0.1) is 6.54 Å². The van der Waals surface area contributed by atoms with Crippen molar-refractivity contribution >= 4 is 17.9 Å². The molecule has 0 bridgehead atoms. The molecule has 3 amide bonds. The molecule has 1 rings (SSSR count). The van der Waals surface area contributed by atoms with Crippen LogP contribution in [0.1, 0.15) is 33.6 Å². The van der Waals surface area contributed by atoms with Gasteiger partial charge in [0, 0.05) is 25.0 Å². The number of amides is 3. The third kappa shape index (κ3) is 5.90. The lowest BCUT2D eigenvalue weighted by molar-refractivity contribution is -0.138. The average molecular weight is 285 g/mol. The molecule has 20 heavy (non-hydrogen) atoms. The van der Waals surface area contributed by atoms with Gasteiger partial charge in [0.2, 0.25) is 5.91 Å². The molecule has 0 aromatic carbocycles. The average Bonchev–Trinajstić information content (AvgIpc) is 2.71. The molecule has 0 aliphatic carbocycles. The van der Waals surface area contributed by atoms with Crippen molar-refractivity contribution in [3.05, 3.63) is 0 Å². The van der Waals surface area contributed by atoms with E-state index in [9.17, 15) is 14.4 Å². The Kier molecular flexibility index (Phi) is 5.35. The van der Waals surface area contributed by atoms with E-state index in [0.29, 0.717) is 19.5 Å². The summed E-state index contributed by atoms with van der Waals surface area (Å²) < 4.78 is 0.